The van der Waals surface area contributed by atoms with E-state index in [9.17, 15) is 18.0 Å². The third kappa shape index (κ3) is 5.64. The quantitative estimate of drug-likeness (QED) is 0.519. The molecule has 27 heavy (non-hydrogen) atoms. The summed E-state index contributed by atoms with van der Waals surface area (Å²) < 4.78 is 26.3. The summed E-state index contributed by atoms with van der Waals surface area (Å²) in [7, 11) is -3.69. The Morgan fingerprint density at radius 1 is 1.07 bits per heavy atom. The van der Waals surface area contributed by atoms with E-state index in [1.807, 2.05) is 26.0 Å². The summed E-state index contributed by atoms with van der Waals surface area (Å²) in [4.78, 5) is 23.8. The summed E-state index contributed by atoms with van der Waals surface area (Å²) in [6.45, 7) is 4.13. The Labute approximate surface area is 163 Å². The van der Waals surface area contributed by atoms with Crippen LogP contribution < -0.4 is 10.6 Å². The fourth-order valence-electron chi connectivity index (χ4n) is 2.48. The van der Waals surface area contributed by atoms with Crippen LogP contribution >= 0.6 is 11.3 Å². The zero-order valence-electron chi connectivity index (χ0n) is 15.4. The van der Waals surface area contributed by atoms with Gasteiger partial charge in [-0.3, -0.25) is 9.59 Å². The second-order valence-electron chi connectivity index (χ2n) is 6.20. The van der Waals surface area contributed by atoms with Crippen LogP contribution in [0.5, 0.6) is 0 Å². The molecule has 1 atom stereocenters. The molecular weight excluding hydrogens is 384 g/mol. The van der Waals surface area contributed by atoms with Gasteiger partial charge in [0.05, 0.1) is 0 Å². The first-order valence-electron chi connectivity index (χ1n) is 8.76. The maximum Gasteiger partial charge on any atom is 0.309 e. The smallest absolute Gasteiger partial charge is 0.309 e. The highest BCUT2D eigenvalue weighted by atomic mass is 32.2. The molecule has 0 saturated heterocycles. The number of carbonyl (C=O) groups is 2. The topological polar surface area (TPSA) is 92.3 Å². The first-order valence-corrected chi connectivity index (χ1v) is 11.2. The van der Waals surface area contributed by atoms with E-state index in [1.54, 1.807) is 29.6 Å². The van der Waals surface area contributed by atoms with Gasteiger partial charge in [-0.1, -0.05) is 49.2 Å². The molecule has 0 aliphatic rings. The van der Waals surface area contributed by atoms with Crippen LogP contribution in [0.1, 0.15) is 36.1 Å². The normalized spacial score (nSPS) is 12.4. The number of hydrogen-bond acceptors (Lipinski definition) is 5. The Hall–Kier alpha value is -2.19. The lowest BCUT2D eigenvalue weighted by molar-refractivity contribution is -0.139. The highest BCUT2D eigenvalue weighted by Crippen LogP contribution is 2.31. The number of benzene rings is 1. The number of thiophene rings is 1. The molecule has 0 aliphatic carbocycles. The molecule has 2 amide bonds. The van der Waals surface area contributed by atoms with Crippen molar-refractivity contribution in [3.8, 4) is 0 Å². The Kier molecular flexibility index (Phi) is 7.55. The van der Waals surface area contributed by atoms with Gasteiger partial charge < -0.3 is 10.6 Å². The lowest BCUT2D eigenvalue weighted by Crippen LogP contribution is -2.42. The van der Waals surface area contributed by atoms with E-state index < -0.39 is 26.9 Å². The number of rotatable bonds is 8. The summed E-state index contributed by atoms with van der Waals surface area (Å²) in [6.07, 6.45) is 1.67. The van der Waals surface area contributed by atoms with Gasteiger partial charge in [-0.05, 0) is 30.4 Å². The van der Waals surface area contributed by atoms with Crippen LogP contribution in [-0.2, 0) is 19.4 Å². The minimum Gasteiger partial charge on any atom is -0.348 e. The van der Waals surface area contributed by atoms with Crippen molar-refractivity contribution in [3.63, 3.8) is 0 Å². The standard InChI is InChI=1S/C19H24N2O4S2/c1-3-4-11-20-18(22)19(23)21-13-16(15-9-7-14(2)8-10-15)27(24,25)17-6-5-12-26-17/h5-10,12,16H,3-4,11,13H2,1-2H3,(H,20,22)(H,21,23)/t16-/m1/s1. The van der Waals surface area contributed by atoms with E-state index in [0.717, 1.165) is 29.7 Å². The Balaban J connectivity index is 2.17. The third-order valence-electron chi connectivity index (χ3n) is 4.07. The molecule has 1 heterocycles. The van der Waals surface area contributed by atoms with Crippen LogP contribution in [0.25, 0.3) is 0 Å². The molecule has 0 unspecified atom stereocenters. The molecule has 1 aromatic carbocycles. The van der Waals surface area contributed by atoms with E-state index >= 15 is 0 Å². The van der Waals surface area contributed by atoms with Gasteiger partial charge in [-0.15, -0.1) is 11.3 Å². The first kappa shape index (κ1) is 21.1. The Bertz CT molecular complexity index is 860. The van der Waals surface area contributed by atoms with E-state index in [1.165, 1.54) is 0 Å². The van der Waals surface area contributed by atoms with Crippen LogP contribution in [0, 0.1) is 6.92 Å². The molecule has 0 aliphatic heterocycles. The molecule has 2 aromatic rings. The van der Waals surface area contributed by atoms with Gasteiger partial charge in [0, 0.05) is 13.1 Å². The average molecular weight is 409 g/mol. The minimum absolute atomic E-state index is 0.177. The van der Waals surface area contributed by atoms with Crippen molar-refractivity contribution in [1.82, 2.24) is 10.6 Å². The number of nitrogens with one attached hydrogen (secondary N) is 2. The molecule has 8 heteroatoms. The fourth-order valence-corrected chi connectivity index (χ4v) is 5.34. The molecule has 146 valence electrons. The van der Waals surface area contributed by atoms with Gasteiger partial charge in [-0.25, -0.2) is 8.42 Å². The highest BCUT2D eigenvalue weighted by molar-refractivity contribution is 7.93. The van der Waals surface area contributed by atoms with Gasteiger partial charge in [0.1, 0.15) is 9.46 Å². The molecule has 0 bridgehead atoms. The molecule has 0 radical (unpaired) electrons. The van der Waals surface area contributed by atoms with Crippen molar-refractivity contribution in [2.75, 3.05) is 13.1 Å². The Morgan fingerprint density at radius 2 is 1.74 bits per heavy atom. The predicted molar refractivity (Wildman–Crippen MR) is 106 cm³/mol. The molecule has 2 rings (SSSR count). The van der Waals surface area contributed by atoms with E-state index in [4.69, 9.17) is 0 Å². The van der Waals surface area contributed by atoms with Crippen molar-refractivity contribution >= 4 is 33.0 Å². The molecule has 2 N–H and O–H groups in total. The maximum absolute atomic E-state index is 13.0. The number of aryl methyl sites for hydroxylation is 1. The monoisotopic (exact) mass is 408 g/mol. The van der Waals surface area contributed by atoms with E-state index in [0.29, 0.717) is 12.1 Å². The maximum atomic E-state index is 13.0. The third-order valence-corrected chi connectivity index (χ3v) is 7.60. The number of amides is 2. The first-order chi connectivity index (χ1) is 12.9. The lowest BCUT2D eigenvalue weighted by Gasteiger charge is -2.18. The molecular formula is C19H24N2O4S2. The molecule has 0 fully saturated rings. The highest BCUT2D eigenvalue weighted by Gasteiger charge is 2.31. The van der Waals surface area contributed by atoms with Crippen molar-refractivity contribution in [2.24, 2.45) is 0 Å². The van der Waals surface area contributed by atoms with Gasteiger partial charge in [-0.2, -0.15) is 0 Å². The SMILES string of the molecule is CCCCNC(=O)C(=O)NC[C@H](c1ccc(C)cc1)S(=O)(=O)c1cccs1. The van der Waals surface area contributed by atoms with E-state index in [-0.39, 0.29) is 10.8 Å². The molecule has 0 spiro atoms. The van der Waals surface area contributed by atoms with Gasteiger partial charge in [0.2, 0.25) is 0 Å². The average Bonchev–Trinajstić information content (AvgIpc) is 3.18. The predicted octanol–water partition coefficient (Wildman–Crippen LogP) is 2.60. The van der Waals surface area contributed by atoms with Crippen molar-refractivity contribution in [3.05, 3.63) is 52.9 Å². The van der Waals surface area contributed by atoms with Crippen molar-refractivity contribution < 1.29 is 18.0 Å². The second kappa shape index (κ2) is 9.66. The number of sulfone groups is 1. The number of unbranched alkanes of at least 4 members (excludes halogenated alkanes) is 1. The number of hydrogen-bond donors (Lipinski definition) is 2. The summed E-state index contributed by atoms with van der Waals surface area (Å²) in [6, 6.07) is 10.3. The van der Waals surface area contributed by atoms with E-state index in [2.05, 4.69) is 10.6 Å². The summed E-state index contributed by atoms with van der Waals surface area (Å²) in [5, 5.41) is 5.71. The fraction of sp³-hybridized carbons (Fsp3) is 0.368. The van der Waals surface area contributed by atoms with Gasteiger partial charge in [0.25, 0.3) is 0 Å². The largest absolute Gasteiger partial charge is 0.348 e. The lowest BCUT2D eigenvalue weighted by atomic mass is 10.1. The number of carbonyl (C=O) groups excluding carboxylic acids is 2. The zero-order chi connectivity index (χ0) is 19.9. The van der Waals surface area contributed by atoms with Crippen LogP contribution in [0.4, 0.5) is 0 Å². The molecule has 0 saturated carbocycles. The molecule has 1 aromatic heterocycles. The second-order valence-corrected chi connectivity index (χ2v) is 9.50. The van der Waals surface area contributed by atoms with Crippen LogP contribution in [0.15, 0.2) is 46.0 Å². The van der Waals surface area contributed by atoms with Gasteiger partial charge >= 0.3 is 11.8 Å². The zero-order valence-corrected chi connectivity index (χ0v) is 17.0. The van der Waals surface area contributed by atoms with Gasteiger partial charge in [0.15, 0.2) is 9.84 Å². The summed E-state index contributed by atoms with van der Waals surface area (Å²) in [5.74, 6) is -1.58. The van der Waals surface area contributed by atoms with Crippen LogP contribution in [0.3, 0.4) is 0 Å². The van der Waals surface area contributed by atoms with Crippen LogP contribution in [-0.4, -0.2) is 33.3 Å². The molecule has 6 nitrogen and oxygen atoms in total. The van der Waals surface area contributed by atoms with Crippen molar-refractivity contribution in [1.29, 1.82) is 0 Å². The Morgan fingerprint density at radius 3 is 2.33 bits per heavy atom. The minimum atomic E-state index is -3.69. The summed E-state index contributed by atoms with van der Waals surface area (Å²) >= 11 is 1.13. The van der Waals surface area contributed by atoms with Crippen LogP contribution in [0.2, 0.25) is 0 Å². The summed E-state index contributed by atoms with van der Waals surface area (Å²) in [5.41, 5.74) is 1.58. The van der Waals surface area contributed by atoms with Crippen molar-refractivity contribution in [2.45, 2.75) is 36.1 Å².